The van der Waals surface area contributed by atoms with Crippen LogP contribution in [0.1, 0.15) is 60.2 Å². The number of nitrogens with one attached hydrogen (secondary N) is 2. The molecule has 11 heteroatoms. The van der Waals surface area contributed by atoms with Gasteiger partial charge in [-0.15, -0.1) is 0 Å². The molecule has 0 aliphatic heterocycles. The number of carbonyl (C=O) groups is 2. The summed E-state index contributed by atoms with van der Waals surface area (Å²) in [6, 6.07) is 16.8. The second-order valence-corrected chi connectivity index (χ2v) is 13.7. The van der Waals surface area contributed by atoms with Crippen LogP contribution in [0.2, 0.25) is 0 Å². The number of unbranched alkanes of at least 4 members (excludes halogenated alkanes) is 1. The second-order valence-electron chi connectivity index (χ2n) is 11.8. The van der Waals surface area contributed by atoms with Crippen LogP contribution in [0, 0.1) is 19.8 Å². The lowest BCUT2D eigenvalue weighted by molar-refractivity contribution is -0.122. The maximum atomic E-state index is 13.5. The van der Waals surface area contributed by atoms with E-state index in [-0.39, 0.29) is 47.6 Å². The van der Waals surface area contributed by atoms with Crippen molar-refractivity contribution in [1.29, 1.82) is 0 Å². The Bertz CT molecular complexity index is 1540. The van der Waals surface area contributed by atoms with Crippen LogP contribution in [0.25, 0.3) is 0 Å². The van der Waals surface area contributed by atoms with E-state index < -0.39 is 28.0 Å². The van der Waals surface area contributed by atoms with Gasteiger partial charge in [-0.2, -0.15) is 4.31 Å². The summed E-state index contributed by atoms with van der Waals surface area (Å²) in [4.78, 5) is 26.5. The Morgan fingerprint density at radius 2 is 1.64 bits per heavy atom. The van der Waals surface area contributed by atoms with Gasteiger partial charge in [-0.1, -0.05) is 50.6 Å². The quantitative estimate of drug-likeness (QED) is 0.117. The van der Waals surface area contributed by atoms with Crippen LogP contribution in [0.5, 0.6) is 5.75 Å². The molecular weight excluding hydrogens is 592 g/mol. The number of anilines is 1. The zero-order chi connectivity index (χ0) is 33.1. The Morgan fingerprint density at radius 1 is 0.956 bits per heavy atom. The van der Waals surface area contributed by atoms with Gasteiger partial charge in [-0.05, 0) is 85.7 Å². The van der Waals surface area contributed by atoms with Gasteiger partial charge in [0.2, 0.25) is 15.9 Å². The number of aromatic hydroxyl groups is 1. The van der Waals surface area contributed by atoms with Crippen molar-refractivity contribution in [2.45, 2.75) is 70.4 Å². The zero-order valence-electron chi connectivity index (χ0n) is 26.5. The zero-order valence-corrected chi connectivity index (χ0v) is 27.3. The number of benzene rings is 3. The molecule has 0 aromatic heterocycles. The monoisotopic (exact) mass is 638 g/mol. The Balaban J connectivity index is 1.64. The maximum Gasteiger partial charge on any atom is 0.252 e. The number of aliphatic hydroxyl groups is 1. The Morgan fingerprint density at radius 3 is 2.27 bits per heavy atom. The molecule has 0 saturated heterocycles. The molecule has 0 radical (unpaired) electrons. The largest absolute Gasteiger partial charge is 0.508 e. The number of nitrogens with zero attached hydrogens (tertiary/aromatic N) is 1. The van der Waals surface area contributed by atoms with Crippen LogP contribution in [-0.4, -0.2) is 66.5 Å². The molecule has 6 N–H and O–H groups in total. The highest BCUT2D eigenvalue weighted by Crippen LogP contribution is 2.23. The Labute approximate surface area is 266 Å². The van der Waals surface area contributed by atoms with Gasteiger partial charge in [0.15, 0.2) is 0 Å². The van der Waals surface area contributed by atoms with Gasteiger partial charge in [-0.25, -0.2) is 8.42 Å². The first kappa shape index (κ1) is 35.5. The molecule has 0 aliphatic carbocycles. The Hall–Kier alpha value is -3.93. The van der Waals surface area contributed by atoms with Gasteiger partial charge in [-0.3, -0.25) is 9.59 Å². The van der Waals surface area contributed by atoms with Crippen molar-refractivity contribution in [2.75, 3.05) is 25.4 Å². The molecule has 10 nitrogen and oxygen atoms in total. The van der Waals surface area contributed by atoms with Crippen molar-refractivity contribution >= 4 is 27.5 Å². The van der Waals surface area contributed by atoms with Crippen LogP contribution in [-0.2, 0) is 21.2 Å². The van der Waals surface area contributed by atoms with E-state index in [1.165, 1.54) is 34.6 Å². The van der Waals surface area contributed by atoms with E-state index in [0.717, 1.165) is 11.1 Å². The van der Waals surface area contributed by atoms with E-state index in [2.05, 4.69) is 10.6 Å². The van der Waals surface area contributed by atoms with Gasteiger partial charge < -0.3 is 26.6 Å². The number of phenolic OH excluding ortho intramolecular Hbond substituents is 1. The van der Waals surface area contributed by atoms with Crippen LogP contribution >= 0.6 is 0 Å². The number of hydrogen-bond donors (Lipinski definition) is 5. The van der Waals surface area contributed by atoms with Crippen molar-refractivity contribution in [3.63, 3.8) is 0 Å². The van der Waals surface area contributed by atoms with Crippen LogP contribution < -0.4 is 16.4 Å². The molecule has 0 heterocycles. The topological polar surface area (TPSA) is 162 Å². The van der Waals surface area contributed by atoms with E-state index in [4.69, 9.17) is 5.73 Å². The van der Waals surface area contributed by atoms with E-state index in [1.807, 2.05) is 45.0 Å². The predicted molar refractivity (Wildman–Crippen MR) is 176 cm³/mol. The summed E-state index contributed by atoms with van der Waals surface area (Å²) < 4.78 is 28.4. The SMILES string of the molecule is Cc1ccc(C(=O)N[C@@H](Cc2ccccc2C)C(=O)NCCCC[C@@H](CO)N(CC(C)C)S(=O)(=O)c2ccc(N)cc2)cc1O. The summed E-state index contributed by atoms with van der Waals surface area (Å²) in [5.74, 6) is -0.797. The molecule has 2 atom stereocenters. The van der Waals surface area contributed by atoms with Crippen LogP contribution in [0.15, 0.2) is 71.6 Å². The Kier molecular flexibility index (Phi) is 13.0. The lowest BCUT2D eigenvalue weighted by Crippen LogP contribution is -2.48. The minimum Gasteiger partial charge on any atom is -0.508 e. The van der Waals surface area contributed by atoms with E-state index in [9.17, 15) is 28.2 Å². The van der Waals surface area contributed by atoms with Crippen LogP contribution in [0.4, 0.5) is 5.69 Å². The highest BCUT2D eigenvalue weighted by Gasteiger charge is 2.31. The fraction of sp³-hybridized carbons (Fsp3) is 0.412. The molecule has 0 saturated carbocycles. The number of phenols is 1. The molecule has 0 fully saturated rings. The minimum atomic E-state index is -3.87. The smallest absolute Gasteiger partial charge is 0.252 e. The molecule has 0 aliphatic rings. The maximum absolute atomic E-state index is 13.5. The average molecular weight is 639 g/mol. The number of carbonyl (C=O) groups excluding carboxylic acids is 2. The first-order valence-electron chi connectivity index (χ1n) is 15.2. The van der Waals surface area contributed by atoms with Gasteiger partial charge >= 0.3 is 0 Å². The number of amides is 2. The van der Waals surface area contributed by atoms with Gasteiger partial charge in [0.1, 0.15) is 11.8 Å². The molecule has 0 bridgehead atoms. The number of nitrogen functional groups attached to an aromatic ring is 1. The van der Waals surface area contributed by atoms with Gasteiger partial charge in [0.05, 0.1) is 11.5 Å². The molecule has 45 heavy (non-hydrogen) atoms. The standard InChI is InChI=1S/C34H46N4O6S/c1-23(2)21-38(45(43,44)30-16-14-28(35)15-17-30)29(22-39)11-7-8-18-36-34(42)31(19-26-10-6-5-9-24(26)3)37-33(41)27-13-12-25(4)32(40)20-27/h5-6,9-10,12-17,20,23,29,31,39-40H,7-8,11,18-19,21-22,35H2,1-4H3,(H,36,42)(H,37,41)/t29-,31-/m0/s1. The number of nitrogens with two attached hydrogens (primary N) is 1. The first-order chi connectivity index (χ1) is 21.3. The molecule has 2 amide bonds. The highest BCUT2D eigenvalue weighted by atomic mass is 32.2. The fourth-order valence-corrected chi connectivity index (χ4v) is 6.81. The van der Waals surface area contributed by atoms with Crippen LogP contribution in [0.3, 0.4) is 0 Å². The average Bonchev–Trinajstić information content (AvgIpc) is 3.00. The van der Waals surface area contributed by atoms with Gasteiger partial charge in [0.25, 0.3) is 5.91 Å². The molecular formula is C34H46N4O6S. The predicted octanol–water partition coefficient (Wildman–Crippen LogP) is 3.93. The normalized spacial score (nSPS) is 13.0. The second kappa shape index (κ2) is 16.4. The lowest BCUT2D eigenvalue weighted by Gasteiger charge is -2.31. The first-order valence-corrected chi connectivity index (χ1v) is 16.7. The summed E-state index contributed by atoms with van der Waals surface area (Å²) in [6.07, 6.45) is 1.76. The fourth-order valence-electron chi connectivity index (χ4n) is 5.01. The molecule has 3 aromatic rings. The minimum absolute atomic E-state index is 0.00281. The van der Waals surface area contributed by atoms with Crippen molar-refractivity contribution in [2.24, 2.45) is 5.92 Å². The van der Waals surface area contributed by atoms with Crippen molar-refractivity contribution < 1.29 is 28.2 Å². The number of sulfonamides is 1. The number of rotatable bonds is 16. The van der Waals surface area contributed by atoms with E-state index in [0.29, 0.717) is 37.1 Å². The summed E-state index contributed by atoms with van der Waals surface area (Å²) in [7, 11) is -3.87. The summed E-state index contributed by atoms with van der Waals surface area (Å²) >= 11 is 0. The third-order valence-corrected chi connectivity index (χ3v) is 9.62. The van der Waals surface area contributed by atoms with E-state index in [1.54, 1.807) is 19.1 Å². The summed E-state index contributed by atoms with van der Waals surface area (Å²) in [5.41, 5.74) is 9.00. The number of hydrogen-bond acceptors (Lipinski definition) is 7. The van der Waals surface area contributed by atoms with E-state index >= 15 is 0 Å². The third kappa shape index (κ3) is 10.0. The lowest BCUT2D eigenvalue weighted by atomic mass is 10.00. The van der Waals surface area contributed by atoms with Crippen molar-refractivity contribution in [3.8, 4) is 5.75 Å². The summed E-state index contributed by atoms with van der Waals surface area (Å²) in [6.45, 7) is 7.72. The third-order valence-electron chi connectivity index (χ3n) is 7.69. The molecule has 0 spiro atoms. The van der Waals surface area contributed by atoms with Crippen molar-refractivity contribution in [1.82, 2.24) is 14.9 Å². The van der Waals surface area contributed by atoms with Crippen molar-refractivity contribution in [3.05, 3.63) is 89.0 Å². The molecule has 3 rings (SSSR count). The molecule has 0 unspecified atom stereocenters. The van der Waals surface area contributed by atoms with Gasteiger partial charge in [0, 0.05) is 36.8 Å². The molecule has 244 valence electrons. The number of aryl methyl sites for hydroxylation is 2. The molecule has 3 aromatic carbocycles. The highest BCUT2D eigenvalue weighted by molar-refractivity contribution is 7.89. The number of aliphatic hydroxyl groups excluding tert-OH is 1. The summed E-state index contributed by atoms with van der Waals surface area (Å²) in [5, 5.41) is 26.0.